The van der Waals surface area contributed by atoms with E-state index in [1.807, 2.05) is 0 Å². The van der Waals surface area contributed by atoms with Crippen LogP contribution >= 0.6 is 22.9 Å². The number of nitrogens with zero attached hydrogens (tertiary/aromatic N) is 1. The van der Waals surface area contributed by atoms with Gasteiger partial charge in [-0.05, 0) is 48.6 Å². The Kier molecular flexibility index (Phi) is 4.31. The fraction of sp³-hybridized carbons (Fsp3) is 0.375. The highest BCUT2D eigenvalue weighted by Gasteiger charge is 2.31. The van der Waals surface area contributed by atoms with Crippen LogP contribution in [0.2, 0.25) is 5.02 Å². The summed E-state index contributed by atoms with van der Waals surface area (Å²) in [6, 6.07) is 6.96. The predicted octanol–water partition coefficient (Wildman–Crippen LogP) is 4.16. The third-order valence-electron chi connectivity index (χ3n) is 4.27. The van der Waals surface area contributed by atoms with E-state index in [9.17, 15) is 4.39 Å². The summed E-state index contributed by atoms with van der Waals surface area (Å²) in [7, 11) is 0. The van der Waals surface area contributed by atoms with E-state index in [0.717, 1.165) is 13.0 Å². The molecule has 0 radical (unpaired) electrons. The van der Waals surface area contributed by atoms with Gasteiger partial charge in [0.25, 0.3) is 0 Å². The number of fused-ring (bicyclic) bond motifs is 1. The summed E-state index contributed by atoms with van der Waals surface area (Å²) < 4.78 is 14.2. The molecule has 112 valence electrons. The molecule has 5 heteroatoms. The Bertz CT molecular complexity index is 643. The van der Waals surface area contributed by atoms with E-state index in [1.54, 1.807) is 23.5 Å². The molecule has 2 nitrogen and oxygen atoms in total. The molecule has 0 amide bonds. The number of benzene rings is 1. The Morgan fingerprint density at radius 2 is 2.29 bits per heavy atom. The molecule has 1 aromatic carbocycles. The van der Waals surface area contributed by atoms with Crippen molar-refractivity contribution in [2.45, 2.75) is 25.4 Å². The molecule has 2 aromatic rings. The molecule has 0 saturated carbocycles. The van der Waals surface area contributed by atoms with Gasteiger partial charge < -0.3 is 5.73 Å². The molecule has 1 aliphatic rings. The Balaban J connectivity index is 1.96. The summed E-state index contributed by atoms with van der Waals surface area (Å²) in [5, 5.41) is 2.67. The van der Waals surface area contributed by atoms with Crippen molar-refractivity contribution in [2.75, 3.05) is 13.1 Å². The van der Waals surface area contributed by atoms with Gasteiger partial charge in [0.1, 0.15) is 5.82 Å². The molecule has 1 aromatic heterocycles. The highest BCUT2D eigenvalue weighted by atomic mass is 35.5. The third-order valence-corrected chi connectivity index (χ3v) is 5.50. The minimum Gasteiger partial charge on any atom is -0.329 e. The zero-order valence-corrected chi connectivity index (χ0v) is 13.4. The van der Waals surface area contributed by atoms with Crippen molar-refractivity contribution >= 4 is 22.9 Å². The highest BCUT2D eigenvalue weighted by molar-refractivity contribution is 7.10. The van der Waals surface area contributed by atoms with Crippen molar-refractivity contribution in [3.05, 3.63) is 56.5 Å². The van der Waals surface area contributed by atoms with E-state index < -0.39 is 0 Å². The molecule has 0 saturated heterocycles. The number of hydrogen-bond donors (Lipinski definition) is 1. The first kappa shape index (κ1) is 15.0. The van der Waals surface area contributed by atoms with Gasteiger partial charge in [0.2, 0.25) is 0 Å². The van der Waals surface area contributed by atoms with Gasteiger partial charge in [-0.25, -0.2) is 4.39 Å². The monoisotopic (exact) mass is 324 g/mol. The molecule has 3 rings (SSSR count). The fourth-order valence-electron chi connectivity index (χ4n) is 3.17. The van der Waals surface area contributed by atoms with Crippen molar-refractivity contribution < 1.29 is 4.39 Å². The summed E-state index contributed by atoms with van der Waals surface area (Å²) >= 11 is 7.83. The van der Waals surface area contributed by atoms with E-state index in [2.05, 4.69) is 23.3 Å². The van der Waals surface area contributed by atoms with Crippen LogP contribution in [0, 0.1) is 5.82 Å². The van der Waals surface area contributed by atoms with Crippen molar-refractivity contribution in [2.24, 2.45) is 5.73 Å². The SMILES string of the molecule is CC1c2ccsc2CCN1C(CN)c1cc(Cl)ccc1F. The van der Waals surface area contributed by atoms with Crippen LogP contribution in [0.15, 0.2) is 29.6 Å². The average Bonchev–Trinajstić information content (AvgIpc) is 2.95. The predicted molar refractivity (Wildman–Crippen MR) is 86.3 cm³/mol. The molecule has 2 heterocycles. The summed E-state index contributed by atoms with van der Waals surface area (Å²) in [6.07, 6.45) is 0.996. The molecular weight excluding hydrogens is 307 g/mol. The second-order valence-corrected chi connectivity index (χ2v) is 6.82. The molecule has 1 aliphatic heterocycles. The second-order valence-electron chi connectivity index (χ2n) is 5.38. The summed E-state index contributed by atoms with van der Waals surface area (Å²) in [5.41, 5.74) is 7.90. The van der Waals surface area contributed by atoms with E-state index in [4.69, 9.17) is 17.3 Å². The zero-order chi connectivity index (χ0) is 15.0. The highest BCUT2D eigenvalue weighted by Crippen LogP contribution is 2.38. The van der Waals surface area contributed by atoms with Gasteiger partial charge in [-0.3, -0.25) is 4.90 Å². The largest absolute Gasteiger partial charge is 0.329 e. The molecule has 2 atom stereocenters. The minimum atomic E-state index is -0.238. The van der Waals surface area contributed by atoms with Crippen molar-refractivity contribution in [1.29, 1.82) is 0 Å². The minimum absolute atomic E-state index is 0.147. The van der Waals surface area contributed by atoms with Gasteiger partial charge in [-0.15, -0.1) is 11.3 Å². The normalized spacial score (nSPS) is 20.3. The van der Waals surface area contributed by atoms with Crippen LogP contribution in [0.3, 0.4) is 0 Å². The van der Waals surface area contributed by atoms with Crippen molar-refractivity contribution in [3.8, 4) is 0 Å². The molecule has 21 heavy (non-hydrogen) atoms. The van der Waals surface area contributed by atoms with E-state index in [-0.39, 0.29) is 17.9 Å². The lowest BCUT2D eigenvalue weighted by atomic mass is 9.96. The maximum Gasteiger partial charge on any atom is 0.128 e. The number of thiophene rings is 1. The van der Waals surface area contributed by atoms with Gasteiger partial charge in [0, 0.05) is 34.6 Å². The Morgan fingerprint density at radius 1 is 1.48 bits per heavy atom. The number of rotatable bonds is 3. The number of halogens is 2. The fourth-order valence-corrected chi connectivity index (χ4v) is 4.31. The van der Waals surface area contributed by atoms with Gasteiger partial charge in [-0.2, -0.15) is 0 Å². The van der Waals surface area contributed by atoms with Crippen LogP contribution in [-0.4, -0.2) is 18.0 Å². The molecule has 2 unspecified atom stereocenters. The summed E-state index contributed by atoms with van der Waals surface area (Å²) in [5.74, 6) is -0.238. The smallest absolute Gasteiger partial charge is 0.128 e. The lowest BCUT2D eigenvalue weighted by Gasteiger charge is -2.39. The van der Waals surface area contributed by atoms with Crippen LogP contribution in [0.4, 0.5) is 4.39 Å². The molecule has 0 spiro atoms. The summed E-state index contributed by atoms with van der Waals surface area (Å²) in [6.45, 7) is 3.43. The van der Waals surface area contributed by atoms with Gasteiger partial charge in [-0.1, -0.05) is 11.6 Å². The van der Waals surface area contributed by atoms with Crippen molar-refractivity contribution in [3.63, 3.8) is 0 Å². The van der Waals surface area contributed by atoms with Crippen LogP contribution in [-0.2, 0) is 6.42 Å². The quantitative estimate of drug-likeness (QED) is 0.918. The van der Waals surface area contributed by atoms with Crippen LogP contribution < -0.4 is 5.73 Å². The van der Waals surface area contributed by atoms with Crippen LogP contribution in [0.25, 0.3) is 0 Å². The third kappa shape index (κ3) is 2.73. The number of nitrogens with two attached hydrogens (primary N) is 1. The van der Waals surface area contributed by atoms with E-state index >= 15 is 0 Å². The van der Waals surface area contributed by atoms with E-state index in [0.29, 0.717) is 17.1 Å². The lowest BCUT2D eigenvalue weighted by Crippen LogP contribution is -2.40. The Labute approximate surface area is 133 Å². The molecule has 0 aliphatic carbocycles. The van der Waals surface area contributed by atoms with Crippen LogP contribution in [0.5, 0.6) is 0 Å². The van der Waals surface area contributed by atoms with Crippen LogP contribution in [0.1, 0.15) is 35.0 Å². The van der Waals surface area contributed by atoms with E-state index in [1.165, 1.54) is 16.5 Å². The maximum absolute atomic E-state index is 14.2. The van der Waals surface area contributed by atoms with Crippen molar-refractivity contribution in [1.82, 2.24) is 4.90 Å². The first-order valence-electron chi connectivity index (χ1n) is 7.09. The molecule has 0 fully saturated rings. The Morgan fingerprint density at radius 3 is 3.05 bits per heavy atom. The first-order chi connectivity index (χ1) is 10.1. The number of hydrogen-bond acceptors (Lipinski definition) is 3. The topological polar surface area (TPSA) is 29.3 Å². The second kappa shape index (κ2) is 6.05. The summed E-state index contributed by atoms with van der Waals surface area (Å²) in [4.78, 5) is 3.71. The first-order valence-corrected chi connectivity index (χ1v) is 8.34. The Hall–Kier alpha value is -0.940. The standard InChI is InChI=1S/C16H18ClFN2S/c1-10-12-5-7-21-16(12)4-6-20(10)15(9-19)13-8-11(17)2-3-14(13)18/h2-3,5,7-8,10,15H,4,6,9,19H2,1H3. The lowest BCUT2D eigenvalue weighted by molar-refractivity contribution is 0.136. The van der Waals surface area contributed by atoms with Gasteiger partial charge >= 0.3 is 0 Å². The molecule has 2 N–H and O–H groups in total. The molecular formula is C16H18ClFN2S. The zero-order valence-electron chi connectivity index (χ0n) is 11.9. The average molecular weight is 325 g/mol. The molecule has 0 bridgehead atoms. The maximum atomic E-state index is 14.2. The van der Waals surface area contributed by atoms with Gasteiger partial charge in [0.05, 0.1) is 6.04 Å². The van der Waals surface area contributed by atoms with Gasteiger partial charge in [0.15, 0.2) is 0 Å².